The lowest BCUT2D eigenvalue weighted by atomic mass is 9.86. The number of rotatable bonds is 4. The van der Waals surface area contributed by atoms with Gasteiger partial charge in [0.1, 0.15) is 0 Å². The molecule has 114 valence electrons. The predicted molar refractivity (Wildman–Crippen MR) is 85.9 cm³/mol. The van der Waals surface area contributed by atoms with Gasteiger partial charge in [0.2, 0.25) is 5.91 Å². The second kappa shape index (κ2) is 6.72. The lowest BCUT2D eigenvalue weighted by molar-refractivity contribution is -0.132. The normalized spacial score (nSPS) is 37.1. The van der Waals surface area contributed by atoms with Crippen LogP contribution in [0.15, 0.2) is 0 Å². The number of thioether (sulfide) groups is 1. The SMILES string of the molecule is CCSC1CCCCN(C(=O)CC2CC3CCC2C3)C1. The van der Waals surface area contributed by atoms with Crippen molar-refractivity contribution < 1.29 is 4.79 Å². The van der Waals surface area contributed by atoms with E-state index in [1.165, 1.54) is 50.7 Å². The first-order valence-corrected chi connectivity index (χ1v) is 9.70. The van der Waals surface area contributed by atoms with E-state index in [1.54, 1.807) is 0 Å². The Balaban J connectivity index is 1.52. The van der Waals surface area contributed by atoms with Gasteiger partial charge in [-0.05, 0) is 55.6 Å². The number of carbonyl (C=O) groups excluding carboxylic acids is 1. The molecule has 2 nitrogen and oxygen atoms in total. The van der Waals surface area contributed by atoms with Crippen molar-refractivity contribution in [3.8, 4) is 0 Å². The van der Waals surface area contributed by atoms with Crippen molar-refractivity contribution in [3.63, 3.8) is 0 Å². The largest absolute Gasteiger partial charge is 0.342 e. The summed E-state index contributed by atoms with van der Waals surface area (Å²) in [6.45, 7) is 4.26. The van der Waals surface area contributed by atoms with Gasteiger partial charge in [-0.25, -0.2) is 0 Å². The summed E-state index contributed by atoms with van der Waals surface area (Å²) >= 11 is 2.05. The highest BCUT2D eigenvalue weighted by molar-refractivity contribution is 7.99. The topological polar surface area (TPSA) is 20.3 Å². The van der Waals surface area contributed by atoms with Crippen LogP contribution in [0, 0.1) is 17.8 Å². The summed E-state index contributed by atoms with van der Waals surface area (Å²) < 4.78 is 0. The number of amides is 1. The molecule has 4 unspecified atom stereocenters. The zero-order valence-corrected chi connectivity index (χ0v) is 13.7. The lowest BCUT2D eigenvalue weighted by Crippen LogP contribution is -2.37. The maximum atomic E-state index is 12.6. The Kier molecular flexibility index (Phi) is 4.95. The minimum absolute atomic E-state index is 0.464. The highest BCUT2D eigenvalue weighted by atomic mass is 32.2. The maximum Gasteiger partial charge on any atom is 0.222 e. The number of likely N-dealkylation sites (tertiary alicyclic amines) is 1. The van der Waals surface area contributed by atoms with Gasteiger partial charge in [0, 0.05) is 24.8 Å². The molecule has 3 rings (SSSR count). The molecule has 3 heteroatoms. The predicted octanol–water partition coefficient (Wildman–Crippen LogP) is 3.95. The molecule has 2 saturated carbocycles. The Bertz CT molecular complexity index is 346. The summed E-state index contributed by atoms with van der Waals surface area (Å²) in [5.41, 5.74) is 0. The van der Waals surface area contributed by atoms with E-state index >= 15 is 0 Å². The van der Waals surface area contributed by atoms with Crippen LogP contribution in [0.4, 0.5) is 0 Å². The maximum absolute atomic E-state index is 12.6. The molecule has 1 heterocycles. The minimum atomic E-state index is 0.464. The van der Waals surface area contributed by atoms with Crippen LogP contribution in [0.5, 0.6) is 0 Å². The van der Waals surface area contributed by atoms with Gasteiger partial charge in [0.15, 0.2) is 0 Å². The van der Waals surface area contributed by atoms with Gasteiger partial charge in [-0.1, -0.05) is 19.8 Å². The molecular weight excluding hydrogens is 266 g/mol. The second-order valence-corrected chi connectivity index (χ2v) is 8.63. The molecule has 1 amide bonds. The summed E-state index contributed by atoms with van der Waals surface area (Å²) in [6, 6.07) is 0. The summed E-state index contributed by atoms with van der Waals surface area (Å²) in [5, 5.41) is 0.687. The van der Waals surface area contributed by atoms with Crippen molar-refractivity contribution in [1.82, 2.24) is 4.90 Å². The van der Waals surface area contributed by atoms with Crippen molar-refractivity contribution in [3.05, 3.63) is 0 Å². The van der Waals surface area contributed by atoms with Gasteiger partial charge in [-0.2, -0.15) is 11.8 Å². The number of carbonyl (C=O) groups is 1. The van der Waals surface area contributed by atoms with Crippen LogP contribution in [-0.4, -0.2) is 34.9 Å². The minimum Gasteiger partial charge on any atom is -0.342 e. The first-order chi connectivity index (χ1) is 9.76. The van der Waals surface area contributed by atoms with E-state index in [4.69, 9.17) is 0 Å². The lowest BCUT2D eigenvalue weighted by Gasteiger charge is -2.28. The summed E-state index contributed by atoms with van der Waals surface area (Å²) in [4.78, 5) is 14.9. The number of nitrogens with zero attached hydrogens (tertiary/aromatic N) is 1. The molecule has 0 spiro atoms. The van der Waals surface area contributed by atoms with Gasteiger partial charge in [-0.3, -0.25) is 4.79 Å². The zero-order chi connectivity index (χ0) is 13.9. The zero-order valence-electron chi connectivity index (χ0n) is 12.9. The third-order valence-electron chi connectivity index (χ3n) is 5.70. The first kappa shape index (κ1) is 14.7. The Morgan fingerprint density at radius 1 is 1.20 bits per heavy atom. The summed E-state index contributed by atoms with van der Waals surface area (Å²) in [6.07, 6.45) is 10.3. The molecule has 0 aromatic rings. The summed E-state index contributed by atoms with van der Waals surface area (Å²) in [7, 11) is 0. The highest BCUT2D eigenvalue weighted by Gasteiger charge is 2.40. The van der Waals surface area contributed by atoms with Crippen molar-refractivity contribution in [2.45, 2.75) is 63.5 Å². The Morgan fingerprint density at radius 3 is 2.80 bits per heavy atom. The first-order valence-electron chi connectivity index (χ1n) is 8.65. The van der Waals surface area contributed by atoms with Crippen LogP contribution in [0.1, 0.15) is 58.3 Å². The molecule has 4 atom stereocenters. The van der Waals surface area contributed by atoms with Crippen LogP contribution in [0.3, 0.4) is 0 Å². The molecule has 2 aliphatic carbocycles. The quantitative estimate of drug-likeness (QED) is 0.783. The molecule has 3 fully saturated rings. The average molecular weight is 295 g/mol. The molecule has 0 aromatic heterocycles. The molecule has 20 heavy (non-hydrogen) atoms. The molecule has 2 bridgehead atoms. The van der Waals surface area contributed by atoms with E-state index in [0.29, 0.717) is 11.2 Å². The van der Waals surface area contributed by atoms with Gasteiger partial charge in [-0.15, -0.1) is 0 Å². The third-order valence-corrected chi connectivity index (χ3v) is 6.89. The standard InChI is InChI=1S/C17H29NOS/c1-2-20-16-5-3-4-8-18(12-16)17(19)11-15-10-13-6-7-14(15)9-13/h13-16H,2-12H2,1H3. The van der Waals surface area contributed by atoms with Gasteiger partial charge in [0.25, 0.3) is 0 Å². The highest BCUT2D eigenvalue weighted by Crippen LogP contribution is 2.49. The number of fused-ring (bicyclic) bond motifs is 2. The Hall–Kier alpha value is -0.180. The monoisotopic (exact) mass is 295 g/mol. The van der Waals surface area contributed by atoms with E-state index in [1.807, 2.05) is 11.8 Å². The van der Waals surface area contributed by atoms with Crippen LogP contribution in [0.25, 0.3) is 0 Å². The fourth-order valence-electron chi connectivity index (χ4n) is 4.68. The van der Waals surface area contributed by atoms with Crippen molar-refractivity contribution in [2.24, 2.45) is 17.8 Å². The molecular formula is C17H29NOS. The van der Waals surface area contributed by atoms with Crippen molar-refractivity contribution in [2.75, 3.05) is 18.8 Å². The Labute approximate surface area is 128 Å². The molecule has 1 saturated heterocycles. The van der Waals surface area contributed by atoms with E-state index < -0.39 is 0 Å². The van der Waals surface area contributed by atoms with Crippen LogP contribution >= 0.6 is 11.8 Å². The van der Waals surface area contributed by atoms with E-state index in [2.05, 4.69) is 11.8 Å². The van der Waals surface area contributed by atoms with E-state index in [0.717, 1.165) is 37.3 Å². The van der Waals surface area contributed by atoms with Crippen molar-refractivity contribution in [1.29, 1.82) is 0 Å². The molecule has 0 aromatic carbocycles. The fourth-order valence-corrected chi connectivity index (χ4v) is 5.77. The van der Waals surface area contributed by atoms with Gasteiger partial charge < -0.3 is 4.90 Å². The molecule has 1 aliphatic heterocycles. The fraction of sp³-hybridized carbons (Fsp3) is 0.941. The summed E-state index contributed by atoms with van der Waals surface area (Å²) in [5.74, 6) is 4.22. The van der Waals surface area contributed by atoms with Crippen molar-refractivity contribution >= 4 is 17.7 Å². The Morgan fingerprint density at radius 2 is 2.10 bits per heavy atom. The molecule has 0 radical (unpaired) electrons. The molecule has 3 aliphatic rings. The third kappa shape index (κ3) is 3.35. The van der Waals surface area contributed by atoms with Crippen LogP contribution in [0.2, 0.25) is 0 Å². The van der Waals surface area contributed by atoms with E-state index in [9.17, 15) is 4.79 Å². The van der Waals surface area contributed by atoms with E-state index in [-0.39, 0.29) is 0 Å². The number of hydrogen-bond donors (Lipinski definition) is 0. The molecule has 0 N–H and O–H groups in total. The van der Waals surface area contributed by atoms with Crippen LogP contribution in [-0.2, 0) is 4.79 Å². The second-order valence-electron chi connectivity index (χ2n) is 7.05. The van der Waals surface area contributed by atoms with Crippen LogP contribution < -0.4 is 0 Å². The smallest absolute Gasteiger partial charge is 0.222 e. The van der Waals surface area contributed by atoms with Gasteiger partial charge in [0.05, 0.1) is 0 Å². The average Bonchev–Trinajstić information content (AvgIpc) is 2.96. The number of hydrogen-bond acceptors (Lipinski definition) is 2. The van der Waals surface area contributed by atoms with Gasteiger partial charge >= 0.3 is 0 Å².